The fourth-order valence-corrected chi connectivity index (χ4v) is 2.50. The second kappa shape index (κ2) is 5.10. The lowest BCUT2D eigenvalue weighted by molar-refractivity contribution is -0.132. The van der Waals surface area contributed by atoms with Crippen molar-refractivity contribution < 1.29 is 9.59 Å². The largest absolute Gasteiger partial charge is 0.342 e. The van der Waals surface area contributed by atoms with Crippen LogP contribution in [-0.2, 0) is 9.59 Å². The maximum absolute atomic E-state index is 12.4. The smallest absolute Gasteiger partial charge is 0.250 e. The molecule has 2 amide bonds. The lowest BCUT2D eigenvalue weighted by atomic mass is 10.0. The van der Waals surface area contributed by atoms with Gasteiger partial charge in [0.15, 0.2) is 0 Å². The Balaban J connectivity index is 2.35. The first-order chi connectivity index (χ1) is 8.50. The molecule has 0 saturated carbocycles. The fourth-order valence-electron chi connectivity index (χ4n) is 2.00. The fraction of sp³-hybridized carbons (Fsp3) is 0.385. The summed E-state index contributed by atoms with van der Waals surface area (Å²) in [5.41, 5.74) is 0.739. The van der Waals surface area contributed by atoms with Crippen LogP contribution in [0.2, 0.25) is 0 Å². The molecule has 1 unspecified atom stereocenters. The van der Waals surface area contributed by atoms with Crippen molar-refractivity contribution in [3.05, 3.63) is 28.7 Å². The Morgan fingerprint density at radius 3 is 2.61 bits per heavy atom. The molecule has 4 nitrogen and oxygen atoms in total. The number of piperazine rings is 1. The van der Waals surface area contributed by atoms with Gasteiger partial charge in [-0.2, -0.15) is 0 Å². The van der Waals surface area contributed by atoms with Crippen molar-refractivity contribution in [3.63, 3.8) is 0 Å². The minimum atomic E-state index is -0.446. The molecule has 1 saturated heterocycles. The number of rotatable bonds is 2. The Bertz CT molecular complexity index is 488. The molecule has 1 aliphatic rings. The lowest BCUT2D eigenvalue weighted by Gasteiger charge is -2.34. The summed E-state index contributed by atoms with van der Waals surface area (Å²) in [7, 11) is 0. The maximum atomic E-state index is 12.4. The van der Waals surface area contributed by atoms with Gasteiger partial charge in [0.25, 0.3) is 0 Å². The van der Waals surface area contributed by atoms with Crippen LogP contribution in [0.3, 0.4) is 0 Å². The summed E-state index contributed by atoms with van der Waals surface area (Å²) < 4.78 is 0.815. The third kappa shape index (κ3) is 2.41. The maximum Gasteiger partial charge on any atom is 0.250 e. The summed E-state index contributed by atoms with van der Waals surface area (Å²) in [6, 6.07) is 6.97. The number of carbonyl (C=O) groups excluding carboxylic acids is 2. The van der Waals surface area contributed by atoms with Crippen LogP contribution < -0.4 is 10.2 Å². The standard InChI is InChI=1S/C13H15BrN2O2/c1-8(2)12-13(18)16(7-11(17)15-12)10-6-4-3-5-9(10)14/h3-6,8,12H,7H2,1-2H3,(H,15,17). The number of anilines is 1. The quantitative estimate of drug-likeness (QED) is 0.907. The number of hydrogen-bond donors (Lipinski definition) is 1. The van der Waals surface area contributed by atoms with E-state index in [4.69, 9.17) is 0 Å². The van der Waals surface area contributed by atoms with Crippen LogP contribution in [0, 0.1) is 5.92 Å². The Morgan fingerprint density at radius 2 is 2.00 bits per heavy atom. The van der Waals surface area contributed by atoms with Crippen LogP contribution >= 0.6 is 15.9 Å². The van der Waals surface area contributed by atoms with Gasteiger partial charge in [-0.25, -0.2) is 0 Å². The normalized spacial score (nSPS) is 20.2. The molecule has 0 spiro atoms. The van der Waals surface area contributed by atoms with E-state index < -0.39 is 6.04 Å². The topological polar surface area (TPSA) is 49.4 Å². The van der Waals surface area contributed by atoms with Gasteiger partial charge in [-0.3, -0.25) is 9.59 Å². The highest BCUT2D eigenvalue weighted by molar-refractivity contribution is 9.10. The summed E-state index contributed by atoms with van der Waals surface area (Å²) >= 11 is 3.41. The first-order valence-corrected chi connectivity index (χ1v) is 6.65. The molecule has 1 N–H and O–H groups in total. The minimum absolute atomic E-state index is 0.0588. The van der Waals surface area contributed by atoms with E-state index in [-0.39, 0.29) is 24.3 Å². The van der Waals surface area contributed by atoms with E-state index >= 15 is 0 Å². The third-order valence-corrected chi connectivity index (χ3v) is 3.63. The van der Waals surface area contributed by atoms with E-state index in [1.165, 1.54) is 4.90 Å². The summed E-state index contributed by atoms with van der Waals surface area (Å²) in [6.07, 6.45) is 0. The van der Waals surface area contributed by atoms with E-state index in [0.29, 0.717) is 0 Å². The van der Waals surface area contributed by atoms with E-state index in [1.54, 1.807) is 0 Å². The Hall–Kier alpha value is -1.36. The lowest BCUT2D eigenvalue weighted by Crippen LogP contribution is -2.60. The molecule has 1 aromatic carbocycles. The molecule has 1 aromatic rings. The van der Waals surface area contributed by atoms with Crippen LogP contribution in [0.15, 0.2) is 28.7 Å². The zero-order valence-electron chi connectivity index (χ0n) is 10.3. The first-order valence-electron chi connectivity index (χ1n) is 5.86. The van der Waals surface area contributed by atoms with Crippen molar-refractivity contribution in [2.24, 2.45) is 5.92 Å². The highest BCUT2D eigenvalue weighted by atomic mass is 79.9. The van der Waals surface area contributed by atoms with Crippen LogP contribution in [0.25, 0.3) is 0 Å². The average Bonchev–Trinajstić information content (AvgIpc) is 2.32. The van der Waals surface area contributed by atoms with Crippen molar-refractivity contribution in [2.75, 3.05) is 11.4 Å². The molecular formula is C13H15BrN2O2. The van der Waals surface area contributed by atoms with Gasteiger partial charge in [0.05, 0.1) is 5.69 Å². The Morgan fingerprint density at radius 1 is 1.33 bits per heavy atom. The van der Waals surface area contributed by atoms with Crippen molar-refractivity contribution >= 4 is 33.4 Å². The minimum Gasteiger partial charge on any atom is -0.342 e. The average molecular weight is 311 g/mol. The van der Waals surface area contributed by atoms with E-state index in [0.717, 1.165) is 10.2 Å². The SMILES string of the molecule is CC(C)C1NC(=O)CN(c2ccccc2Br)C1=O. The van der Waals surface area contributed by atoms with Crippen molar-refractivity contribution in [2.45, 2.75) is 19.9 Å². The third-order valence-electron chi connectivity index (χ3n) is 2.96. The van der Waals surface area contributed by atoms with Crippen LogP contribution in [0.5, 0.6) is 0 Å². The van der Waals surface area contributed by atoms with Crippen LogP contribution in [0.4, 0.5) is 5.69 Å². The number of nitrogens with zero attached hydrogens (tertiary/aromatic N) is 1. The molecule has 1 fully saturated rings. The predicted octanol–water partition coefficient (Wildman–Crippen LogP) is 1.94. The van der Waals surface area contributed by atoms with Gasteiger partial charge < -0.3 is 10.2 Å². The second-order valence-corrected chi connectivity index (χ2v) is 5.52. The predicted molar refractivity (Wildman–Crippen MR) is 73.3 cm³/mol. The zero-order valence-corrected chi connectivity index (χ0v) is 11.9. The van der Waals surface area contributed by atoms with Crippen LogP contribution in [0.1, 0.15) is 13.8 Å². The highest BCUT2D eigenvalue weighted by Crippen LogP contribution is 2.27. The number of para-hydroxylation sites is 1. The summed E-state index contributed by atoms with van der Waals surface area (Å²) in [4.78, 5) is 25.6. The molecule has 1 aliphatic heterocycles. The molecule has 0 aliphatic carbocycles. The molecule has 1 heterocycles. The number of nitrogens with one attached hydrogen (secondary N) is 1. The number of carbonyl (C=O) groups is 2. The number of halogens is 1. The molecule has 96 valence electrons. The summed E-state index contributed by atoms with van der Waals surface area (Å²) in [6.45, 7) is 3.92. The number of benzene rings is 1. The van der Waals surface area contributed by atoms with Gasteiger partial charge in [0.2, 0.25) is 11.8 Å². The van der Waals surface area contributed by atoms with E-state index in [2.05, 4.69) is 21.2 Å². The molecule has 0 bridgehead atoms. The van der Waals surface area contributed by atoms with Crippen molar-refractivity contribution in [3.8, 4) is 0 Å². The van der Waals surface area contributed by atoms with Crippen molar-refractivity contribution in [1.82, 2.24) is 5.32 Å². The van der Waals surface area contributed by atoms with E-state index in [1.807, 2.05) is 38.1 Å². The Labute approximate surface area is 114 Å². The molecule has 0 aromatic heterocycles. The molecule has 2 rings (SSSR count). The van der Waals surface area contributed by atoms with Gasteiger partial charge in [0.1, 0.15) is 12.6 Å². The van der Waals surface area contributed by atoms with Gasteiger partial charge in [-0.05, 0) is 34.0 Å². The number of amides is 2. The molecule has 5 heteroatoms. The summed E-state index contributed by atoms with van der Waals surface area (Å²) in [5.74, 6) is -0.104. The molecule has 0 radical (unpaired) electrons. The summed E-state index contributed by atoms with van der Waals surface area (Å²) in [5, 5.41) is 2.74. The molecule has 1 atom stereocenters. The van der Waals surface area contributed by atoms with Gasteiger partial charge in [-0.1, -0.05) is 26.0 Å². The second-order valence-electron chi connectivity index (χ2n) is 4.66. The van der Waals surface area contributed by atoms with Crippen LogP contribution in [-0.4, -0.2) is 24.4 Å². The monoisotopic (exact) mass is 310 g/mol. The molecular weight excluding hydrogens is 296 g/mol. The van der Waals surface area contributed by atoms with Gasteiger partial charge in [-0.15, -0.1) is 0 Å². The highest BCUT2D eigenvalue weighted by Gasteiger charge is 2.35. The molecule has 18 heavy (non-hydrogen) atoms. The Kier molecular flexibility index (Phi) is 3.71. The van der Waals surface area contributed by atoms with Gasteiger partial charge in [0, 0.05) is 4.47 Å². The first kappa shape index (κ1) is 13.1. The number of hydrogen-bond acceptors (Lipinski definition) is 2. The van der Waals surface area contributed by atoms with Gasteiger partial charge >= 0.3 is 0 Å². The van der Waals surface area contributed by atoms with Crippen molar-refractivity contribution in [1.29, 1.82) is 0 Å². The van der Waals surface area contributed by atoms with E-state index in [9.17, 15) is 9.59 Å². The zero-order chi connectivity index (χ0) is 13.3.